The van der Waals surface area contributed by atoms with Gasteiger partial charge in [-0.15, -0.1) is 0 Å². The van der Waals surface area contributed by atoms with Crippen molar-refractivity contribution >= 4 is 5.91 Å². The van der Waals surface area contributed by atoms with Crippen LogP contribution >= 0.6 is 0 Å². The van der Waals surface area contributed by atoms with Crippen LogP contribution in [-0.2, 0) is 23.2 Å². The van der Waals surface area contributed by atoms with Gasteiger partial charge in [0.1, 0.15) is 0 Å². The van der Waals surface area contributed by atoms with Crippen LogP contribution in [0.2, 0.25) is 0 Å². The standard InChI is InChI=1S/C27H31NO2/c29-25(28-11-10-18-6-4-5-7-19(18)17-28)16-27(22-8-2-1-3-9-22)23-12-20-13-24(27)15-21(14-23)26(20)30/h1-9,20-21,23-24,26,30H,10-17H2. The number of carbonyl (C=O) groups is 1. The molecule has 0 saturated heterocycles. The van der Waals surface area contributed by atoms with E-state index in [0.29, 0.717) is 36.0 Å². The summed E-state index contributed by atoms with van der Waals surface area (Å²) in [6, 6.07) is 19.4. The summed E-state index contributed by atoms with van der Waals surface area (Å²) < 4.78 is 0. The molecule has 156 valence electrons. The minimum absolute atomic E-state index is 0.0531. The number of rotatable bonds is 3. The third-order valence-corrected chi connectivity index (χ3v) is 9.01. The van der Waals surface area contributed by atoms with Gasteiger partial charge >= 0.3 is 0 Å². The van der Waals surface area contributed by atoms with Crippen LogP contribution < -0.4 is 0 Å². The maximum atomic E-state index is 13.7. The summed E-state index contributed by atoms with van der Waals surface area (Å²) >= 11 is 0. The van der Waals surface area contributed by atoms with Crippen LogP contribution in [-0.4, -0.2) is 28.6 Å². The fourth-order valence-corrected chi connectivity index (χ4v) is 7.65. The number of carbonyl (C=O) groups excluding carboxylic acids is 1. The van der Waals surface area contributed by atoms with Gasteiger partial charge in [0, 0.05) is 24.9 Å². The monoisotopic (exact) mass is 401 g/mol. The van der Waals surface area contributed by atoms with Crippen LogP contribution in [0.25, 0.3) is 0 Å². The number of aliphatic hydroxyl groups excluding tert-OH is 1. The Morgan fingerprint density at radius 1 is 0.900 bits per heavy atom. The Labute approximate surface area is 179 Å². The van der Waals surface area contributed by atoms with Crippen LogP contribution in [0.1, 0.15) is 48.8 Å². The van der Waals surface area contributed by atoms with Crippen LogP contribution in [0.4, 0.5) is 0 Å². The SMILES string of the molecule is O=C(CC1(c2ccccc2)C2CC3CC1CC(C2)C3O)N1CCc2ccccc2C1. The molecule has 1 N–H and O–H groups in total. The first-order valence-electron chi connectivity index (χ1n) is 11.7. The molecule has 4 bridgehead atoms. The van der Waals surface area contributed by atoms with Crippen molar-refractivity contribution in [1.82, 2.24) is 4.90 Å². The van der Waals surface area contributed by atoms with E-state index < -0.39 is 0 Å². The fraction of sp³-hybridized carbons (Fsp3) is 0.519. The second kappa shape index (κ2) is 6.95. The normalized spacial score (nSPS) is 36.6. The lowest BCUT2D eigenvalue weighted by Gasteiger charge is -2.63. The lowest BCUT2D eigenvalue weighted by atomic mass is 9.42. The molecule has 4 saturated carbocycles. The van der Waals surface area contributed by atoms with E-state index in [4.69, 9.17) is 0 Å². The molecule has 0 unspecified atom stereocenters. The summed E-state index contributed by atoms with van der Waals surface area (Å²) in [5.41, 5.74) is 4.00. The molecule has 3 heteroatoms. The molecule has 4 aliphatic carbocycles. The van der Waals surface area contributed by atoms with Crippen molar-refractivity contribution in [1.29, 1.82) is 0 Å². The molecule has 4 fully saturated rings. The maximum absolute atomic E-state index is 13.7. The van der Waals surface area contributed by atoms with Crippen molar-refractivity contribution in [3.05, 3.63) is 71.3 Å². The molecule has 0 atom stereocenters. The van der Waals surface area contributed by atoms with Gasteiger partial charge in [-0.3, -0.25) is 4.79 Å². The predicted molar refractivity (Wildman–Crippen MR) is 117 cm³/mol. The minimum atomic E-state index is -0.111. The van der Waals surface area contributed by atoms with Crippen molar-refractivity contribution in [2.24, 2.45) is 23.7 Å². The molecule has 1 heterocycles. The van der Waals surface area contributed by atoms with Crippen molar-refractivity contribution in [3.63, 3.8) is 0 Å². The van der Waals surface area contributed by atoms with E-state index in [0.717, 1.165) is 45.2 Å². The van der Waals surface area contributed by atoms with Gasteiger partial charge in [-0.1, -0.05) is 54.6 Å². The van der Waals surface area contributed by atoms with Gasteiger partial charge in [0.25, 0.3) is 0 Å². The van der Waals surface area contributed by atoms with Gasteiger partial charge in [-0.05, 0) is 72.5 Å². The second-order valence-corrected chi connectivity index (χ2v) is 10.3. The first-order chi connectivity index (χ1) is 14.6. The van der Waals surface area contributed by atoms with Gasteiger partial charge in [0.2, 0.25) is 5.91 Å². The molecule has 0 aromatic heterocycles. The third kappa shape index (κ3) is 2.71. The van der Waals surface area contributed by atoms with Gasteiger partial charge in [-0.2, -0.15) is 0 Å². The average Bonchev–Trinajstić information content (AvgIpc) is 2.78. The Kier molecular flexibility index (Phi) is 4.31. The highest BCUT2D eigenvalue weighted by Gasteiger charge is 2.61. The predicted octanol–water partition coefficient (Wildman–Crippen LogP) is 4.33. The van der Waals surface area contributed by atoms with Crippen molar-refractivity contribution < 1.29 is 9.90 Å². The molecular formula is C27H31NO2. The molecule has 0 radical (unpaired) electrons. The quantitative estimate of drug-likeness (QED) is 0.832. The molecular weight excluding hydrogens is 370 g/mol. The van der Waals surface area contributed by atoms with Gasteiger partial charge in [0.15, 0.2) is 0 Å². The zero-order valence-corrected chi connectivity index (χ0v) is 17.5. The molecule has 30 heavy (non-hydrogen) atoms. The highest BCUT2D eigenvalue weighted by molar-refractivity contribution is 5.78. The Hall–Kier alpha value is -2.13. The number of amides is 1. The van der Waals surface area contributed by atoms with Gasteiger partial charge in [0.05, 0.1) is 6.10 Å². The lowest BCUT2D eigenvalue weighted by molar-refractivity contribution is -0.153. The highest BCUT2D eigenvalue weighted by Crippen LogP contribution is 2.64. The first kappa shape index (κ1) is 18.6. The topological polar surface area (TPSA) is 40.5 Å². The second-order valence-electron chi connectivity index (χ2n) is 10.3. The largest absolute Gasteiger partial charge is 0.393 e. The highest BCUT2D eigenvalue weighted by atomic mass is 16.3. The fourth-order valence-electron chi connectivity index (χ4n) is 7.65. The third-order valence-electron chi connectivity index (χ3n) is 9.01. The molecule has 7 rings (SSSR count). The van der Waals surface area contributed by atoms with Crippen molar-refractivity contribution in [2.75, 3.05) is 6.54 Å². The van der Waals surface area contributed by atoms with Gasteiger partial charge < -0.3 is 10.0 Å². The van der Waals surface area contributed by atoms with E-state index in [2.05, 4.69) is 59.5 Å². The van der Waals surface area contributed by atoms with Crippen molar-refractivity contribution in [3.8, 4) is 0 Å². The van der Waals surface area contributed by atoms with Crippen LogP contribution in [0.3, 0.4) is 0 Å². The molecule has 2 aromatic carbocycles. The summed E-state index contributed by atoms with van der Waals surface area (Å²) in [4.78, 5) is 15.8. The zero-order chi connectivity index (χ0) is 20.3. The number of hydrogen-bond acceptors (Lipinski definition) is 2. The van der Waals surface area contributed by atoms with Gasteiger partial charge in [-0.25, -0.2) is 0 Å². The number of fused-ring (bicyclic) bond motifs is 1. The molecule has 1 aliphatic heterocycles. The van der Waals surface area contributed by atoms with E-state index in [1.165, 1.54) is 16.7 Å². The molecule has 0 spiro atoms. The lowest BCUT2D eigenvalue weighted by Crippen LogP contribution is -2.61. The number of hydrogen-bond donors (Lipinski definition) is 1. The Morgan fingerprint density at radius 3 is 2.17 bits per heavy atom. The number of benzene rings is 2. The molecule has 1 amide bonds. The zero-order valence-electron chi connectivity index (χ0n) is 17.5. The van der Waals surface area contributed by atoms with Crippen LogP contribution in [0, 0.1) is 23.7 Å². The number of aliphatic hydroxyl groups is 1. The van der Waals surface area contributed by atoms with E-state index in [-0.39, 0.29) is 11.5 Å². The van der Waals surface area contributed by atoms with Crippen molar-refractivity contribution in [2.45, 2.75) is 56.6 Å². The Balaban J connectivity index is 1.33. The first-order valence-corrected chi connectivity index (χ1v) is 11.7. The van der Waals surface area contributed by atoms with E-state index in [1.54, 1.807) is 0 Å². The van der Waals surface area contributed by atoms with E-state index in [1.807, 2.05) is 0 Å². The smallest absolute Gasteiger partial charge is 0.223 e. The summed E-state index contributed by atoms with van der Waals surface area (Å²) in [5, 5.41) is 10.7. The summed E-state index contributed by atoms with van der Waals surface area (Å²) in [5.74, 6) is 2.25. The molecule has 3 nitrogen and oxygen atoms in total. The summed E-state index contributed by atoms with van der Waals surface area (Å²) in [6.45, 7) is 1.58. The maximum Gasteiger partial charge on any atom is 0.223 e. The summed E-state index contributed by atoms with van der Waals surface area (Å²) in [6.07, 6.45) is 5.81. The Morgan fingerprint density at radius 2 is 1.50 bits per heavy atom. The Bertz CT molecular complexity index is 922. The molecule has 5 aliphatic rings. The summed E-state index contributed by atoms with van der Waals surface area (Å²) in [7, 11) is 0. The van der Waals surface area contributed by atoms with Crippen LogP contribution in [0.5, 0.6) is 0 Å². The van der Waals surface area contributed by atoms with E-state index in [9.17, 15) is 9.90 Å². The van der Waals surface area contributed by atoms with Crippen LogP contribution in [0.15, 0.2) is 54.6 Å². The average molecular weight is 402 g/mol. The number of nitrogens with zero attached hydrogens (tertiary/aromatic N) is 1. The minimum Gasteiger partial charge on any atom is -0.393 e. The molecule has 2 aromatic rings. The van der Waals surface area contributed by atoms with E-state index >= 15 is 0 Å².